The van der Waals surface area contributed by atoms with Crippen LogP contribution in [0.2, 0.25) is 5.02 Å². The number of Topliss-reactive ketones (excluding diaryl/α,β-unsaturated/α-hetero) is 1. The number of benzene rings is 2. The predicted molar refractivity (Wildman–Crippen MR) is 100 cm³/mol. The molecule has 0 atom stereocenters. The lowest BCUT2D eigenvalue weighted by Crippen LogP contribution is -2.14. The molecule has 0 saturated carbocycles. The molecule has 6 heteroatoms. The lowest BCUT2D eigenvalue weighted by molar-refractivity contribution is -0.116. The minimum absolute atomic E-state index is 0.0991. The first-order valence-electron chi connectivity index (χ1n) is 8.14. The minimum Gasteiger partial charge on any atom is -0.441 e. The number of nitrogens with zero attached hydrogens (tertiary/aromatic N) is 1. The van der Waals surface area contributed by atoms with Crippen LogP contribution in [0.15, 0.2) is 59.1 Å². The Morgan fingerprint density at radius 2 is 1.85 bits per heavy atom. The van der Waals surface area contributed by atoms with Gasteiger partial charge in [0.05, 0.1) is 16.9 Å². The SMILES string of the molecule is CC(=O)c1ccccc1NC(=O)CCc1ncc(-c2ccccc2Cl)o1. The fourth-order valence-corrected chi connectivity index (χ4v) is 2.77. The number of carbonyl (C=O) groups excluding carboxylic acids is 2. The van der Waals surface area contributed by atoms with E-state index < -0.39 is 0 Å². The van der Waals surface area contributed by atoms with Gasteiger partial charge in [-0.3, -0.25) is 9.59 Å². The molecule has 2 aromatic carbocycles. The van der Waals surface area contributed by atoms with Crippen molar-refractivity contribution < 1.29 is 14.0 Å². The highest BCUT2D eigenvalue weighted by atomic mass is 35.5. The van der Waals surface area contributed by atoms with E-state index in [-0.39, 0.29) is 18.1 Å². The molecule has 0 aliphatic heterocycles. The summed E-state index contributed by atoms with van der Waals surface area (Å²) in [5, 5.41) is 3.34. The molecule has 0 bridgehead atoms. The monoisotopic (exact) mass is 368 g/mol. The number of para-hydroxylation sites is 1. The standard InChI is InChI=1S/C20H17ClN2O3/c1-13(24)14-6-3-5-9-17(14)23-19(25)10-11-20-22-12-18(26-20)15-7-2-4-8-16(15)21/h2-9,12H,10-11H2,1H3,(H,23,25). The van der Waals surface area contributed by atoms with Crippen LogP contribution in [0, 0.1) is 0 Å². The molecule has 1 aromatic heterocycles. The molecule has 1 N–H and O–H groups in total. The maximum Gasteiger partial charge on any atom is 0.224 e. The van der Waals surface area contributed by atoms with Gasteiger partial charge in [0.25, 0.3) is 0 Å². The van der Waals surface area contributed by atoms with Gasteiger partial charge in [0.2, 0.25) is 5.91 Å². The van der Waals surface area contributed by atoms with Crippen LogP contribution in [0.4, 0.5) is 5.69 Å². The third-order valence-corrected chi connectivity index (χ3v) is 4.17. The van der Waals surface area contributed by atoms with Crippen LogP contribution < -0.4 is 5.32 Å². The maximum absolute atomic E-state index is 12.2. The Balaban J connectivity index is 1.63. The van der Waals surface area contributed by atoms with Gasteiger partial charge in [0, 0.05) is 24.0 Å². The van der Waals surface area contributed by atoms with Gasteiger partial charge in [0.1, 0.15) is 0 Å². The van der Waals surface area contributed by atoms with Crippen molar-refractivity contribution in [3.63, 3.8) is 0 Å². The molecular weight excluding hydrogens is 352 g/mol. The van der Waals surface area contributed by atoms with Crippen molar-refractivity contribution in [2.24, 2.45) is 0 Å². The number of hydrogen-bond donors (Lipinski definition) is 1. The Morgan fingerprint density at radius 3 is 2.62 bits per heavy atom. The zero-order valence-electron chi connectivity index (χ0n) is 14.2. The molecule has 5 nitrogen and oxygen atoms in total. The van der Waals surface area contributed by atoms with Crippen molar-refractivity contribution in [3.8, 4) is 11.3 Å². The Bertz CT molecular complexity index is 949. The molecule has 0 saturated heterocycles. The Morgan fingerprint density at radius 1 is 1.12 bits per heavy atom. The van der Waals surface area contributed by atoms with Gasteiger partial charge in [-0.15, -0.1) is 0 Å². The van der Waals surface area contributed by atoms with Crippen LogP contribution >= 0.6 is 11.6 Å². The van der Waals surface area contributed by atoms with Crippen molar-refractivity contribution in [2.45, 2.75) is 19.8 Å². The molecule has 0 unspecified atom stereocenters. The summed E-state index contributed by atoms with van der Waals surface area (Å²) >= 11 is 6.15. The second-order valence-corrected chi connectivity index (χ2v) is 6.16. The zero-order valence-corrected chi connectivity index (χ0v) is 14.9. The van der Waals surface area contributed by atoms with E-state index in [4.69, 9.17) is 16.0 Å². The van der Waals surface area contributed by atoms with Crippen LogP contribution in [0.25, 0.3) is 11.3 Å². The predicted octanol–water partition coefficient (Wildman–Crippen LogP) is 4.77. The van der Waals surface area contributed by atoms with Gasteiger partial charge < -0.3 is 9.73 Å². The lowest BCUT2D eigenvalue weighted by Gasteiger charge is -2.08. The molecule has 0 radical (unpaired) electrons. The number of oxazole rings is 1. The number of nitrogens with one attached hydrogen (secondary N) is 1. The molecule has 132 valence electrons. The van der Waals surface area contributed by atoms with Crippen molar-refractivity contribution in [1.82, 2.24) is 4.98 Å². The Hall–Kier alpha value is -2.92. The number of aromatic nitrogens is 1. The summed E-state index contributed by atoms with van der Waals surface area (Å²) in [4.78, 5) is 28.0. The first-order valence-corrected chi connectivity index (χ1v) is 8.52. The normalized spacial score (nSPS) is 10.5. The van der Waals surface area contributed by atoms with E-state index in [1.54, 1.807) is 36.5 Å². The van der Waals surface area contributed by atoms with Crippen LogP contribution in [-0.2, 0) is 11.2 Å². The molecule has 3 rings (SSSR count). The van der Waals surface area contributed by atoms with E-state index in [1.165, 1.54) is 6.92 Å². The largest absolute Gasteiger partial charge is 0.441 e. The number of hydrogen-bond acceptors (Lipinski definition) is 4. The summed E-state index contributed by atoms with van der Waals surface area (Å²) in [6.07, 6.45) is 2.13. The van der Waals surface area contributed by atoms with E-state index >= 15 is 0 Å². The first kappa shape index (κ1) is 17.9. The highest BCUT2D eigenvalue weighted by molar-refractivity contribution is 6.33. The quantitative estimate of drug-likeness (QED) is 0.636. The van der Waals surface area contributed by atoms with Crippen LogP contribution in [0.1, 0.15) is 29.6 Å². The molecule has 0 aliphatic carbocycles. The number of halogens is 1. The van der Waals surface area contributed by atoms with Crippen LogP contribution in [0.5, 0.6) is 0 Å². The fraction of sp³-hybridized carbons (Fsp3) is 0.150. The number of carbonyl (C=O) groups is 2. The van der Waals surface area contributed by atoms with Gasteiger partial charge in [-0.25, -0.2) is 4.98 Å². The van der Waals surface area contributed by atoms with E-state index in [0.29, 0.717) is 34.3 Å². The van der Waals surface area contributed by atoms with Crippen molar-refractivity contribution in [3.05, 3.63) is 71.2 Å². The molecule has 0 fully saturated rings. The van der Waals surface area contributed by atoms with Gasteiger partial charge in [-0.1, -0.05) is 35.9 Å². The molecule has 26 heavy (non-hydrogen) atoms. The average molecular weight is 369 g/mol. The van der Waals surface area contributed by atoms with E-state index in [0.717, 1.165) is 5.56 Å². The van der Waals surface area contributed by atoms with E-state index in [1.807, 2.05) is 18.2 Å². The van der Waals surface area contributed by atoms with E-state index in [9.17, 15) is 9.59 Å². The summed E-state index contributed by atoms with van der Waals surface area (Å²) in [6, 6.07) is 14.2. The maximum atomic E-state index is 12.2. The third kappa shape index (κ3) is 4.18. The number of ketones is 1. The van der Waals surface area contributed by atoms with Crippen molar-refractivity contribution in [1.29, 1.82) is 0 Å². The highest BCUT2D eigenvalue weighted by Crippen LogP contribution is 2.28. The Labute approximate surface area is 156 Å². The van der Waals surface area contributed by atoms with Gasteiger partial charge in [0.15, 0.2) is 17.4 Å². The summed E-state index contributed by atoms with van der Waals surface area (Å²) in [5.74, 6) is 0.706. The Kier molecular flexibility index (Phi) is 5.49. The average Bonchev–Trinajstić information content (AvgIpc) is 3.09. The summed E-state index contributed by atoms with van der Waals surface area (Å²) < 4.78 is 5.68. The highest BCUT2D eigenvalue weighted by Gasteiger charge is 2.13. The zero-order chi connectivity index (χ0) is 18.5. The molecule has 3 aromatic rings. The summed E-state index contributed by atoms with van der Waals surface area (Å²) in [7, 11) is 0. The number of rotatable bonds is 6. The van der Waals surface area contributed by atoms with Crippen molar-refractivity contribution >= 4 is 29.0 Å². The first-order chi connectivity index (χ1) is 12.5. The summed E-state index contributed by atoms with van der Waals surface area (Å²) in [6.45, 7) is 1.47. The second-order valence-electron chi connectivity index (χ2n) is 5.75. The van der Waals surface area contributed by atoms with Gasteiger partial charge in [-0.2, -0.15) is 0 Å². The second kappa shape index (κ2) is 7.97. The minimum atomic E-state index is -0.212. The molecular formula is C20H17ClN2O3. The molecule has 0 spiro atoms. The number of aryl methyl sites for hydroxylation is 1. The van der Waals surface area contributed by atoms with Gasteiger partial charge in [-0.05, 0) is 31.2 Å². The van der Waals surface area contributed by atoms with E-state index in [2.05, 4.69) is 10.3 Å². The molecule has 0 aliphatic rings. The van der Waals surface area contributed by atoms with Crippen molar-refractivity contribution in [2.75, 3.05) is 5.32 Å². The van der Waals surface area contributed by atoms with Gasteiger partial charge >= 0.3 is 0 Å². The fourth-order valence-electron chi connectivity index (χ4n) is 2.54. The lowest BCUT2D eigenvalue weighted by atomic mass is 10.1. The molecule has 1 heterocycles. The molecule has 1 amide bonds. The number of amides is 1. The number of anilines is 1. The topological polar surface area (TPSA) is 72.2 Å². The smallest absolute Gasteiger partial charge is 0.224 e. The summed E-state index contributed by atoms with van der Waals surface area (Å²) in [5.41, 5.74) is 1.75. The van der Waals surface area contributed by atoms with Crippen LogP contribution in [0.3, 0.4) is 0 Å². The van der Waals surface area contributed by atoms with Crippen LogP contribution in [-0.4, -0.2) is 16.7 Å². The third-order valence-electron chi connectivity index (χ3n) is 3.84.